The number of hydrogen-bond acceptors (Lipinski definition) is 6. The van der Waals surface area contributed by atoms with E-state index in [4.69, 9.17) is 9.72 Å². The van der Waals surface area contributed by atoms with Gasteiger partial charge in [0.05, 0.1) is 29.4 Å². The molecule has 31 heavy (non-hydrogen) atoms. The van der Waals surface area contributed by atoms with Gasteiger partial charge in [0.1, 0.15) is 5.75 Å². The lowest BCUT2D eigenvalue weighted by atomic mass is 10.2. The number of nitrogens with zero attached hydrogens (tertiary/aromatic N) is 4. The third-order valence-corrected chi connectivity index (χ3v) is 4.85. The first-order valence-corrected chi connectivity index (χ1v) is 10.2. The van der Waals surface area contributed by atoms with E-state index < -0.39 is 0 Å². The van der Waals surface area contributed by atoms with E-state index in [0.717, 1.165) is 42.0 Å². The predicted octanol–water partition coefficient (Wildman–Crippen LogP) is 3.68. The molecule has 0 fully saturated rings. The zero-order valence-electron chi connectivity index (χ0n) is 17.0. The van der Waals surface area contributed by atoms with Crippen LogP contribution >= 0.6 is 0 Å². The Morgan fingerprint density at radius 3 is 1.90 bits per heavy atom. The lowest BCUT2D eigenvalue weighted by Gasteiger charge is -2.13. The minimum Gasteiger partial charge on any atom is -0.493 e. The van der Waals surface area contributed by atoms with Gasteiger partial charge in [-0.1, -0.05) is 12.1 Å². The summed E-state index contributed by atoms with van der Waals surface area (Å²) < 4.78 is 5.99. The highest BCUT2D eigenvalue weighted by Crippen LogP contribution is 2.26. The molecule has 0 aliphatic carbocycles. The highest BCUT2D eigenvalue weighted by molar-refractivity contribution is 6.12. The Morgan fingerprint density at radius 2 is 1.35 bits per heavy atom. The van der Waals surface area contributed by atoms with Crippen molar-refractivity contribution in [1.29, 1.82) is 0 Å². The van der Waals surface area contributed by atoms with E-state index in [-0.39, 0.29) is 11.8 Å². The monoisotopic (exact) mass is 414 g/mol. The highest BCUT2D eigenvalue weighted by atomic mass is 16.5. The molecule has 7 heteroatoms. The van der Waals surface area contributed by atoms with Crippen LogP contribution in [0.4, 0.5) is 0 Å². The molecule has 0 bridgehead atoms. The van der Waals surface area contributed by atoms with Gasteiger partial charge in [0.2, 0.25) is 0 Å². The van der Waals surface area contributed by atoms with Crippen LogP contribution in [0.5, 0.6) is 5.75 Å². The molecule has 1 aliphatic rings. The summed E-state index contributed by atoms with van der Waals surface area (Å²) in [7, 11) is 0. The second-order valence-corrected chi connectivity index (χ2v) is 7.07. The highest BCUT2D eigenvalue weighted by Gasteiger charge is 2.22. The third kappa shape index (κ3) is 5.19. The largest absolute Gasteiger partial charge is 0.493 e. The van der Waals surface area contributed by atoms with Crippen LogP contribution in [-0.4, -0.2) is 44.8 Å². The van der Waals surface area contributed by atoms with Crippen LogP contribution in [0, 0.1) is 0 Å². The smallest absolute Gasteiger partial charge is 0.253 e. The summed E-state index contributed by atoms with van der Waals surface area (Å²) in [5, 5.41) is 0. The van der Waals surface area contributed by atoms with E-state index >= 15 is 0 Å². The summed E-state index contributed by atoms with van der Waals surface area (Å²) in [6.45, 7) is 0.959. The lowest BCUT2D eigenvalue weighted by Crippen LogP contribution is -2.30. The van der Waals surface area contributed by atoms with Crippen LogP contribution < -0.4 is 4.74 Å². The van der Waals surface area contributed by atoms with E-state index in [1.54, 1.807) is 12.4 Å². The molecular weight excluding hydrogens is 392 g/mol. The van der Waals surface area contributed by atoms with Gasteiger partial charge in [-0.25, -0.2) is 4.98 Å². The fraction of sp³-hybridized carbons (Fsp3) is 0.208. The summed E-state index contributed by atoms with van der Waals surface area (Å²) >= 11 is 0. The Labute approximate surface area is 180 Å². The first-order chi connectivity index (χ1) is 15.2. The quantitative estimate of drug-likeness (QED) is 0.392. The number of rotatable bonds is 9. The number of amides is 2. The Morgan fingerprint density at radius 1 is 0.742 bits per heavy atom. The van der Waals surface area contributed by atoms with E-state index in [0.29, 0.717) is 18.9 Å². The number of carbonyl (C=O) groups is 2. The summed E-state index contributed by atoms with van der Waals surface area (Å²) in [6.07, 6.45) is 8.50. The Kier molecular flexibility index (Phi) is 6.42. The molecule has 4 heterocycles. The van der Waals surface area contributed by atoms with Crippen molar-refractivity contribution in [3.63, 3.8) is 0 Å². The van der Waals surface area contributed by atoms with Gasteiger partial charge >= 0.3 is 0 Å². The number of aromatic nitrogens is 3. The Hall–Kier alpha value is -3.87. The van der Waals surface area contributed by atoms with E-state index in [9.17, 15) is 9.59 Å². The molecule has 0 aromatic carbocycles. The average Bonchev–Trinajstić information content (AvgIpc) is 3.14. The molecule has 4 rings (SSSR count). The van der Waals surface area contributed by atoms with Crippen LogP contribution in [0.1, 0.15) is 19.3 Å². The molecule has 0 spiro atoms. The van der Waals surface area contributed by atoms with Crippen molar-refractivity contribution in [2.75, 3.05) is 13.2 Å². The number of carbonyl (C=O) groups excluding carboxylic acids is 2. The van der Waals surface area contributed by atoms with E-state index in [1.807, 2.05) is 48.5 Å². The molecule has 1 aliphatic heterocycles. The molecule has 2 amide bonds. The van der Waals surface area contributed by atoms with Crippen molar-refractivity contribution in [3.05, 3.63) is 73.1 Å². The maximum atomic E-state index is 11.6. The maximum Gasteiger partial charge on any atom is 0.253 e. The number of ether oxygens (including phenoxy) is 1. The van der Waals surface area contributed by atoms with E-state index in [2.05, 4.69) is 9.97 Å². The van der Waals surface area contributed by atoms with Crippen molar-refractivity contribution >= 4 is 11.8 Å². The maximum absolute atomic E-state index is 11.6. The standard InChI is InChI=1S/C24H22N4O3/c29-23-10-11-24(30)28(23)14-6-1-7-15-31-18-16-21(19-8-2-4-12-25-19)27-22(17-18)20-9-3-5-13-26-20/h2-5,8-13,16-17H,1,6-7,14-15H2. The fourth-order valence-corrected chi connectivity index (χ4v) is 3.27. The van der Waals surface area contributed by atoms with Crippen LogP contribution in [0.25, 0.3) is 22.8 Å². The number of unbranched alkanes of at least 4 members (excludes halogenated alkanes) is 2. The molecular formula is C24H22N4O3. The number of pyridine rings is 3. The molecule has 0 unspecified atom stereocenters. The van der Waals surface area contributed by atoms with Crippen LogP contribution in [0.2, 0.25) is 0 Å². The molecule has 0 radical (unpaired) electrons. The lowest BCUT2D eigenvalue weighted by molar-refractivity contribution is -0.136. The van der Waals surface area contributed by atoms with Crippen LogP contribution in [0.3, 0.4) is 0 Å². The van der Waals surface area contributed by atoms with Gasteiger partial charge in [-0.3, -0.25) is 24.5 Å². The van der Waals surface area contributed by atoms with Gasteiger partial charge < -0.3 is 4.74 Å². The summed E-state index contributed by atoms with van der Waals surface area (Å²) in [6, 6.07) is 15.1. The van der Waals surface area contributed by atoms with Gasteiger partial charge in [-0.2, -0.15) is 0 Å². The van der Waals surface area contributed by atoms with Gasteiger partial charge in [0, 0.05) is 43.2 Å². The van der Waals surface area contributed by atoms with Crippen molar-refractivity contribution in [2.45, 2.75) is 19.3 Å². The summed E-state index contributed by atoms with van der Waals surface area (Å²) in [5.74, 6) is 0.231. The van der Waals surface area contributed by atoms with Crippen molar-refractivity contribution in [1.82, 2.24) is 19.9 Å². The first-order valence-electron chi connectivity index (χ1n) is 10.2. The van der Waals surface area contributed by atoms with Gasteiger partial charge in [-0.15, -0.1) is 0 Å². The SMILES string of the molecule is O=C1C=CC(=O)N1CCCCCOc1cc(-c2ccccn2)nc(-c2ccccn2)c1. The van der Waals surface area contributed by atoms with Crippen LogP contribution in [0.15, 0.2) is 73.1 Å². The molecule has 0 atom stereocenters. The Balaban J connectivity index is 1.38. The van der Waals surface area contributed by atoms with Crippen LogP contribution in [-0.2, 0) is 9.59 Å². The third-order valence-electron chi connectivity index (χ3n) is 4.85. The predicted molar refractivity (Wildman–Crippen MR) is 116 cm³/mol. The molecule has 0 saturated heterocycles. The zero-order chi connectivity index (χ0) is 21.5. The summed E-state index contributed by atoms with van der Waals surface area (Å²) in [5.41, 5.74) is 2.96. The molecule has 3 aromatic heterocycles. The van der Waals surface area contributed by atoms with E-state index in [1.165, 1.54) is 17.1 Å². The van der Waals surface area contributed by atoms with Gasteiger partial charge in [-0.05, 0) is 43.5 Å². The second-order valence-electron chi connectivity index (χ2n) is 7.07. The molecule has 0 N–H and O–H groups in total. The molecule has 0 saturated carbocycles. The minimum absolute atomic E-state index is 0.234. The molecule has 7 nitrogen and oxygen atoms in total. The summed E-state index contributed by atoms with van der Waals surface area (Å²) in [4.78, 5) is 37.9. The second kappa shape index (κ2) is 9.75. The molecule has 156 valence electrons. The van der Waals surface area contributed by atoms with Gasteiger partial charge in [0.25, 0.3) is 11.8 Å². The Bertz CT molecular complexity index is 1010. The van der Waals surface area contributed by atoms with Crippen molar-refractivity contribution < 1.29 is 14.3 Å². The zero-order valence-corrected chi connectivity index (χ0v) is 17.0. The number of hydrogen-bond donors (Lipinski definition) is 0. The molecule has 3 aromatic rings. The number of imide groups is 1. The normalized spacial score (nSPS) is 13.1. The topological polar surface area (TPSA) is 85.3 Å². The van der Waals surface area contributed by atoms with Crippen molar-refractivity contribution in [2.24, 2.45) is 0 Å². The van der Waals surface area contributed by atoms with Crippen molar-refractivity contribution in [3.8, 4) is 28.5 Å². The fourth-order valence-electron chi connectivity index (χ4n) is 3.27. The van der Waals surface area contributed by atoms with Gasteiger partial charge in [0.15, 0.2) is 0 Å². The minimum atomic E-state index is -0.234. The average molecular weight is 414 g/mol. The first kappa shape index (κ1) is 20.4.